The van der Waals surface area contributed by atoms with E-state index in [1.807, 2.05) is 21.6 Å². The smallest absolute Gasteiger partial charge is 0.255 e. The van der Waals surface area contributed by atoms with Gasteiger partial charge in [-0.25, -0.2) is 4.98 Å². The Balaban J connectivity index is 1.73. The first-order valence-electron chi connectivity index (χ1n) is 8.62. The quantitative estimate of drug-likeness (QED) is 0.705. The minimum Gasteiger partial charge on any atom is -0.495 e. The first kappa shape index (κ1) is 16.8. The highest BCUT2D eigenvalue weighted by atomic mass is 35.5. The molecule has 4 rings (SSSR count). The number of halogens is 1. The van der Waals surface area contributed by atoms with Crippen LogP contribution >= 0.6 is 11.6 Å². The number of hydrogen-bond donors (Lipinski definition) is 0. The maximum atomic E-state index is 12.7. The van der Waals surface area contributed by atoms with E-state index in [1.54, 1.807) is 31.9 Å². The number of amides is 1. The van der Waals surface area contributed by atoms with Crippen molar-refractivity contribution in [1.82, 2.24) is 19.4 Å². The Morgan fingerprint density at radius 2 is 1.96 bits per heavy atom. The number of piperidine rings is 1. The van der Waals surface area contributed by atoms with E-state index in [0.717, 1.165) is 37.0 Å². The lowest BCUT2D eigenvalue weighted by Crippen LogP contribution is -2.35. The van der Waals surface area contributed by atoms with Crippen molar-refractivity contribution in [3.05, 3.63) is 47.5 Å². The van der Waals surface area contributed by atoms with Gasteiger partial charge in [0.05, 0.1) is 35.8 Å². The number of pyridine rings is 2. The molecule has 0 saturated carbocycles. The summed E-state index contributed by atoms with van der Waals surface area (Å²) in [5.74, 6) is 0.670. The maximum absolute atomic E-state index is 12.7. The molecule has 1 amide bonds. The highest BCUT2D eigenvalue weighted by Gasteiger charge is 2.20. The number of aromatic nitrogens is 3. The van der Waals surface area contributed by atoms with E-state index in [0.29, 0.717) is 22.0 Å². The molecular weight excluding hydrogens is 352 g/mol. The van der Waals surface area contributed by atoms with Crippen molar-refractivity contribution in [2.75, 3.05) is 20.2 Å². The molecule has 0 spiro atoms. The van der Waals surface area contributed by atoms with Crippen LogP contribution in [0, 0.1) is 0 Å². The molecular formula is C19H19ClN4O2. The molecule has 0 atom stereocenters. The van der Waals surface area contributed by atoms with Crippen molar-refractivity contribution >= 4 is 28.5 Å². The topological polar surface area (TPSA) is 60.3 Å². The van der Waals surface area contributed by atoms with Crippen molar-refractivity contribution in [3.63, 3.8) is 0 Å². The predicted molar refractivity (Wildman–Crippen MR) is 100 cm³/mol. The van der Waals surface area contributed by atoms with E-state index >= 15 is 0 Å². The summed E-state index contributed by atoms with van der Waals surface area (Å²) in [7, 11) is 1.60. The van der Waals surface area contributed by atoms with Crippen LogP contribution in [-0.4, -0.2) is 45.5 Å². The molecule has 134 valence electrons. The van der Waals surface area contributed by atoms with Crippen molar-refractivity contribution in [1.29, 1.82) is 0 Å². The highest BCUT2D eigenvalue weighted by Crippen LogP contribution is 2.29. The van der Waals surface area contributed by atoms with E-state index in [4.69, 9.17) is 16.3 Å². The molecule has 0 N–H and O–H groups in total. The van der Waals surface area contributed by atoms with Gasteiger partial charge in [0.1, 0.15) is 11.4 Å². The lowest BCUT2D eigenvalue weighted by atomic mass is 10.1. The molecule has 0 aromatic carbocycles. The van der Waals surface area contributed by atoms with Gasteiger partial charge in [-0.3, -0.25) is 14.3 Å². The van der Waals surface area contributed by atoms with Gasteiger partial charge < -0.3 is 9.64 Å². The van der Waals surface area contributed by atoms with Gasteiger partial charge in [0.25, 0.3) is 5.91 Å². The fourth-order valence-corrected chi connectivity index (χ4v) is 3.55. The zero-order valence-corrected chi connectivity index (χ0v) is 15.2. The van der Waals surface area contributed by atoms with Gasteiger partial charge in [-0.1, -0.05) is 11.6 Å². The Morgan fingerprint density at radius 3 is 2.73 bits per heavy atom. The molecule has 1 aliphatic rings. The fourth-order valence-electron chi connectivity index (χ4n) is 3.31. The van der Waals surface area contributed by atoms with Crippen LogP contribution in [0.2, 0.25) is 5.02 Å². The van der Waals surface area contributed by atoms with E-state index in [-0.39, 0.29) is 5.91 Å². The summed E-state index contributed by atoms with van der Waals surface area (Å²) in [4.78, 5) is 23.3. The molecule has 7 heteroatoms. The third-order valence-electron chi connectivity index (χ3n) is 4.70. The number of carbonyl (C=O) groups is 1. The molecule has 0 bridgehead atoms. The van der Waals surface area contributed by atoms with E-state index < -0.39 is 0 Å². The van der Waals surface area contributed by atoms with Crippen molar-refractivity contribution in [2.45, 2.75) is 19.3 Å². The first-order chi connectivity index (χ1) is 12.7. The van der Waals surface area contributed by atoms with Crippen LogP contribution in [0.4, 0.5) is 0 Å². The monoisotopic (exact) mass is 370 g/mol. The van der Waals surface area contributed by atoms with Crippen LogP contribution in [-0.2, 0) is 0 Å². The maximum Gasteiger partial charge on any atom is 0.255 e. The normalized spacial score (nSPS) is 14.6. The lowest BCUT2D eigenvalue weighted by Gasteiger charge is -2.26. The molecule has 1 aliphatic heterocycles. The summed E-state index contributed by atoms with van der Waals surface area (Å²) in [5.41, 5.74) is 2.05. The van der Waals surface area contributed by atoms with Gasteiger partial charge in [-0.05, 0) is 25.3 Å². The van der Waals surface area contributed by atoms with Crippen LogP contribution < -0.4 is 4.74 Å². The third-order valence-corrected chi connectivity index (χ3v) is 5.00. The van der Waals surface area contributed by atoms with Crippen LogP contribution in [0.15, 0.2) is 36.9 Å². The molecule has 3 aromatic heterocycles. The molecule has 0 unspecified atom stereocenters. The molecule has 6 nitrogen and oxygen atoms in total. The van der Waals surface area contributed by atoms with Crippen molar-refractivity contribution < 1.29 is 9.53 Å². The molecule has 26 heavy (non-hydrogen) atoms. The van der Waals surface area contributed by atoms with Crippen molar-refractivity contribution in [3.8, 4) is 11.4 Å². The average Bonchev–Trinajstić information content (AvgIpc) is 3.04. The molecule has 1 fully saturated rings. The van der Waals surface area contributed by atoms with Crippen LogP contribution in [0.1, 0.15) is 29.6 Å². The zero-order chi connectivity index (χ0) is 18.1. The van der Waals surface area contributed by atoms with Gasteiger partial charge in [0, 0.05) is 36.9 Å². The summed E-state index contributed by atoms with van der Waals surface area (Å²) in [6.45, 7) is 1.61. The molecule has 0 radical (unpaired) electrons. The number of rotatable bonds is 3. The van der Waals surface area contributed by atoms with Crippen LogP contribution in [0.25, 0.3) is 16.7 Å². The number of carbonyl (C=O) groups excluding carboxylic acids is 1. The highest BCUT2D eigenvalue weighted by molar-refractivity contribution is 6.35. The first-order valence-corrected chi connectivity index (χ1v) is 9.00. The lowest BCUT2D eigenvalue weighted by molar-refractivity contribution is 0.0724. The zero-order valence-electron chi connectivity index (χ0n) is 14.5. The van der Waals surface area contributed by atoms with Crippen LogP contribution in [0.3, 0.4) is 0 Å². The van der Waals surface area contributed by atoms with Gasteiger partial charge in [-0.2, -0.15) is 0 Å². The molecule has 0 aliphatic carbocycles. The minimum atomic E-state index is 0.0194. The second kappa shape index (κ2) is 6.96. The number of nitrogens with zero attached hydrogens (tertiary/aromatic N) is 4. The summed E-state index contributed by atoms with van der Waals surface area (Å²) >= 11 is 6.43. The Hall–Kier alpha value is -2.60. The fraction of sp³-hybridized carbons (Fsp3) is 0.316. The predicted octanol–water partition coefficient (Wildman–Crippen LogP) is 3.71. The summed E-state index contributed by atoms with van der Waals surface area (Å²) < 4.78 is 7.08. The second-order valence-corrected chi connectivity index (χ2v) is 6.79. The van der Waals surface area contributed by atoms with Crippen molar-refractivity contribution in [2.24, 2.45) is 0 Å². The minimum absolute atomic E-state index is 0.0194. The number of hydrogen-bond acceptors (Lipinski definition) is 4. The number of likely N-dealkylation sites (tertiary alicyclic amines) is 1. The largest absolute Gasteiger partial charge is 0.495 e. The van der Waals surface area contributed by atoms with E-state index in [1.165, 1.54) is 6.42 Å². The molecule has 3 aromatic rings. The Bertz CT molecular complexity index is 963. The third kappa shape index (κ3) is 3.01. The molecule has 4 heterocycles. The number of methoxy groups -OCH3 is 1. The molecule has 1 saturated heterocycles. The van der Waals surface area contributed by atoms with Crippen LogP contribution in [0.5, 0.6) is 5.75 Å². The summed E-state index contributed by atoms with van der Waals surface area (Å²) in [6.07, 6.45) is 10.1. The standard InChI is InChI=1S/C19H19ClN4O2/c1-26-15-8-14(10-21-11-15)24-12-17(20)16-7-13(9-22-18(16)24)19(25)23-5-3-2-4-6-23/h7-12H,2-6H2,1H3. The number of ether oxygens (including phenoxy) is 1. The van der Waals surface area contributed by atoms with E-state index in [2.05, 4.69) is 9.97 Å². The Labute approximate surface area is 156 Å². The summed E-state index contributed by atoms with van der Waals surface area (Å²) in [6, 6.07) is 3.68. The second-order valence-electron chi connectivity index (χ2n) is 6.38. The number of fused-ring (bicyclic) bond motifs is 1. The van der Waals surface area contributed by atoms with Gasteiger partial charge >= 0.3 is 0 Å². The average molecular weight is 371 g/mol. The SMILES string of the molecule is COc1cncc(-n2cc(Cl)c3cc(C(=O)N4CCCCC4)cnc32)c1. The van der Waals surface area contributed by atoms with Gasteiger partial charge in [0.15, 0.2) is 0 Å². The van der Waals surface area contributed by atoms with E-state index in [9.17, 15) is 4.79 Å². The Kier molecular flexibility index (Phi) is 4.51. The summed E-state index contributed by atoms with van der Waals surface area (Å²) in [5, 5.41) is 1.29. The van der Waals surface area contributed by atoms with Gasteiger partial charge in [0.2, 0.25) is 0 Å². The van der Waals surface area contributed by atoms with Gasteiger partial charge in [-0.15, -0.1) is 0 Å². The Morgan fingerprint density at radius 1 is 1.15 bits per heavy atom.